The summed E-state index contributed by atoms with van der Waals surface area (Å²) in [4.78, 5) is 32.2. The SMILES string of the molecule is COC(=O)N(C)C(C(=O)Nc1cncc(F)c1CCCC1CNCCN1S(=O)(=O)c1ccccc1)C(c1cccc(F)c1)c1cccc(F)c1. The summed E-state index contributed by atoms with van der Waals surface area (Å²) >= 11 is 0. The van der Waals surface area contributed by atoms with Gasteiger partial charge in [0.1, 0.15) is 23.5 Å². The number of ether oxygens (including phenoxy) is 1. The molecule has 2 atom stereocenters. The third-order valence-corrected chi connectivity index (χ3v) is 10.7. The van der Waals surface area contributed by atoms with Crippen molar-refractivity contribution in [2.75, 3.05) is 39.1 Å². The third kappa shape index (κ3) is 8.32. The van der Waals surface area contributed by atoms with Gasteiger partial charge in [0, 0.05) is 44.2 Å². The average molecular weight is 710 g/mol. The molecule has 2 N–H and O–H groups in total. The number of rotatable bonds is 12. The largest absolute Gasteiger partial charge is 0.453 e. The number of nitrogens with one attached hydrogen (secondary N) is 2. The number of aromatic nitrogens is 1. The maximum absolute atomic E-state index is 15.4. The maximum atomic E-state index is 15.4. The van der Waals surface area contributed by atoms with Gasteiger partial charge in [-0.2, -0.15) is 4.31 Å². The molecular formula is C36H38F3N5O5S. The van der Waals surface area contributed by atoms with Crippen molar-refractivity contribution in [3.05, 3.63) is 125 Å². The van der Waals surface area contributed by atoms with E-state index in [2.05, 4.69) is 15.6 Å². The number of hydrogen-bond acceptors (Lipinski definition) is 7. The molecule has 0 saturated carbocycles. The van der Waals surface area contributed by atoms with Crippen molar-refractivity contribution < 1.29 is 35.9 Å². The van der Waals surface area contributed by atoms with E-state index >= 15 is 4.39 Å². The summed E-state index contributed by atoms with van der Waals surface area (Å²) in [6.07, 6.45) is 2.27. The first-order valence-corrected chi connectivity index (χ1v) is 17.5. The van der Waals surface area contributed by atoms with E-state index in [1.54, 1.807) is 42.5 Å². The Bertz CT molecular complexity index is 1870. The van der Waals surface area contributed by atoms with Crippen molar-refractivity contribution in [3.8, 4) is 0 Å². The summed E-state index contributed by atoms with van der Waals surface area (Å²) < 4.78 is 77.7. The molecule has 2 unspecified atom stereocenters. The predicted molar refractivity (Wildman–Crippen MR) is 181 cm³/mol. The predicted octanol–water partition coefficient (Wildman–Crippen LogP) is 5.32. The average Bonchev–Trinajstić information content (AvgIpc) is 3.11. The van der Waals surface area contributed by atoms with Crippen LogP contribution in [0.4, 0.5) is 23.7 Å². The van der Waals surface area contributed by atoms with Gasteiger partial charge in [0.2, 0.25) is 15.9 Å². The molecule has 14 heteroatoms. The summed E-state index contributed by atoms with van der Waals surface area (Å²) in [6.45, 7) is 1.18. The van der Waals surface area contributed by atoms with E-state index < -0.39 is 57.5 Å². The Hall–Kier alpha value is -4.79. The molecule has 0 bridgehead atoms. The number of likely N-dealkylation sites (N-methyl/N-ethyl adjacent to an activating group) is 1. The van der Waals surface area contributed by atoms with Crippen LogP contribution < -0.4 is 10.6 Å². The zero-order chi connectivity index (χ0) is 35.8. The van der Waals surface area contributed by atoms with Gasteiger partial charge in [-0.15, -0.1) is 0 Å². The van der Waals surface area contributed by atoms with E-state index in [9.17, 15) is 26.8 Å². The minimum atomic E-state index is -3.76. The van der Waals surface area contributed by atoms with Gasteiger partial charge in [0.05, 0.1) is 30.1 Å². The van der Waals surface area contributed by atoms with Crippen LogP contribution in [-0.4, -0.2) is 80.5 Å². The van der Waals surface area contributed by atoms with E-state index in [0.717, 1.165) is 18.2 Å². The maximum Gasteiger partial charge on any atom is 0.409 e. The van der Waals surface area contributed by atoms with Crippen LogP contribution in [0, 0.1) is 17.5 Å². The van der Waals surface area contributed by atoms with Crippen molar-refractivity contribution in [3.63, 3.8) is 0 Å². The lowest BCUT2D eigenvalue weighted by atomic mass is 9.83. The van der Waals surface area contributed by atoms with Gasteiger partial charge in [-0.1, -0.05) is 42.5 Å². The van der Waals surface area contributed by atoms with Crippen molar-refractivity contribution in [2.24, 2.45) is 0 Å². The summed E-state index contributed by atoms with van der Waals surface area (Å²) in [6, 6.07) is 17.2. The number of anilines is 1. The fourth-order valence-electron chi connectivity index (χ4n) is 6.34. The summed E-state index contributed by atoms with van der Waals surface area (Å²) in [5.74, 6) is -3.77. The number of carbonyl (C=O) groups excluding carboxylic acids is 2. The number of piperazine rings is 1. The highest BCUT2D eigenvalue weighted by molar-refractivity contribution is 7.89. The Morgan fingerprint density at radius 1 is 1.00 bits per heavy atom. The number of benzene rings is 3. The Morgan fingerprint density at radius 2 is 1.66 bits per heavy atom. The lowest BCUT2D eigenvalue weighted by Crippen LogP contribution is -2.53. The standard InChI is InChI=1S/C36H38F3N5O5S/c1-43(36(46)49-2)34(33(24-9-6-11-26(37)19-24)25-10-7-12-27(38)20-25)35(45)42-32-23-41-22-31(39)30(32)16-8-13-28-21-40-17-18-44(28)50(47,48)29-14-4-3-5-15-29/h3-7,9-12,14-15,19-20,22-23,28,33-34,40H,8,13,16-18,21H2,1-2H3,(H,42,45). The molecule has 1 saturated heterocycles. The zero-order valence-corrected chi connectivity index (χ0v) is 28.4. The van der Waals surface area contributed by atoms with Crippen molar-refractivity contribution in [1.29, 1.82) is 0 Å². The van der Waals surface area contributed by atoms with Crippen LogP contribution in [0.15, 0.2) is 96.2 Å². The molecule has 0 spiro atoms. The molecule has 50 heavy (non-hydrogen) atoms. The summed E-state index contributed by atoms with van der Waals surface area (Å²) in [5.41, 5.74) is 0.716. The highest BCUT2D eigenvalue weighted by atomic mass is 32.2. The van der Waals surface area contributed by atoms with Gasteiger partial charge in [0.15, 0.2) is 0 Å². The Labute approximate surface area is 289 Å². The van der Waals surface area contributed by atoms with Crippen molar-refractivity contribution >= 4 is 27.7 Å². The smallest absolute Gasteiger partial charge is 0.409 e. The van der Waals surface area contributed by atoms with Crippen LogP contribution >= 0.6 is 0 Å². The first-order valence-electron chi connectivity index (χ1n) is 16.0. The quantitative estimate of drug-likeness (QED) is 0.204. The highest BCUT2D eigenvalue weighted by Gasteiger charge is 2.38. The second-order valence-corrected chi connectivity index (χ2v) is 13.8. The molecule has 1 fully saturated rings. The molecule has 5 rings (SSSR count). The molecule has 0 aliphatic carbocycles. The lowest BCUT2D eigenvalue weighted by Gasteiger charge is -2.35. The van der Waals surface area contributed by atoms with Crippen LogP contribution in [0.1, 0.15) is 35.4 Å². The topological polar surface area (TPSA) is 121 Å². The van der Waals surface area contributed by atoms with Crippen molar-refractivity contribution in [1.82, 2.24) is 19.5 Å². The number of nitrogens with zero attached hydrogens (tertiary/aromatic N) is 3. The number of halogens is 3. The second kappa shape index (κ2) is 16.3. The van der Waals surface area contributed by atoms with Gasteiger partial charge in [-0.3, -0.25) is 14.7 Å². The van der Waals surface area contributed by atoms with Gasteiger partial charge in [-0.25, -0.2) is 26.4 Å². The normalized spacial score (nSPS) is 15.8. The van der Waals surface area contributed by atoms with E-state index in [4.69, 9.17) is 4.74 Å². The fourth-order valence-corrected chi connectivity index (χ4v) is 8.02. The van der Waals surface area contributed by atoms with Gasteiger partial charge < -0.3 is 15.4 Å². The minimum absolute atomic E-state index is 0.0334. The van der Waals surface area contributed by atoms with Gasteiger partial charge in [0.25, 0.3) is 0 Å². The minimum Gasteiger partial charge on any atom is -0.453 e. The van der Waals surface area contributed by atoms with Crippen LogP contribution in [0.2, 0.25) is 0 Å². The fraction of sp³-hybridized carbons (Fsp3) is 0.306. The number of amides is 2. The monoisotopic (exact) mass is 709 g/mol. The molecule has 4 aromatic rings. The lowest BCUT2D eigenvalue weighted by molar-refractivity contribution is -0.120. The van der Waals surface area contributed by atoms with E-state index in [0.29, 0.717) is 25.9 Å². The van der Waals surface area contributed by atoms with E-state index in [-0.39, 0.29) is 40.2 Å². The zero-order valence-electron chi connectivity index (χ0n) is 27.6. The van der Waals surface area contributed by atoms with Gasteiger partial charge >= 0.3 is 6.09 Å². The molecule has 2 amide bonds. The molecule has 0 radical (unpaired) electrons. The molecule has 1 aliphatic heterocycles. The number of sulfonamides is 1. The summed E-state index contributed by atoms with van der Waals surface area (Å²) in [7, 11) is -1.31. The Kier molecular flexibility index (Phi) is 11.9. The second-order valence-electron chi connectivity index (χ2n) is 11.9. The summed E-state index contributed by atoms with van der Waals surface area (Å²) in [5, 5.41) is 5.94. The number of hydrogen-bond donors (Lipinski definition) is 2. The molecule has 1 aliphatic rings. The highest BCUT2D eigenvalue weighted by Crippen LogP contribution is 2.33. The molecule has 3 aromatic carbocycles. The first kappa shape index (κ1) is 36.5. The first-order chi connectivity index (χ1) is 24.0. The van der Waals surface area contributed by atoms with Crippen molar-refractivity contribution in [2.45, 2.75) is 42.2 Å². The number of pyridine rings is 1. The van der Waals surface area contributed by atoms with Crippen LogP contribution in [0.25, 0.3) is 0 Å². The van der Waals surface area contributed by atoms with E-state index in [1.165, 1.54) is 53.9 Å². The molecular weight excluding hydrogens is 671 g/mol. The van der Waals surface area contributed by atoms with Gasteiger partial charge in [-0.05, 0) is 66.8 Å². The Balaban J connectivity index is 1.42. The number of carbonyl (C=O) groups is 2. The Morgan fingerprint density at radius 3 is 2.28 bits per heavy atom. The number of methoxy groups -OCH3 is 1. The van der Waals surface area contributed by atoms with Crippen LogP contribution in [-0.2, 0) is 26.0 Å². The van der Waals surface area contributed by atoms with Crippen LogP contribution in [0.5, 0.6) is 0 Å². The third-order valence-electron chi connectivity index (χ3n) is 8.75. The molecule has 264 valence electrons. The van der Waals surface area contributed by atoms with Crippen LogP contribution in [0.3, 0.4) is 0 Å². The van der Waals surface area contributed by atoms with E-state index in [1.807, 2.05) is 0 Å². The molecule has 10 nitrogen and oxygen atoms in total. The molecule has 2 heterocycles. The molecule has 1 aromatic heterocycles.